The average molecular weight is 361 g/mol. The average Bonchev–Trinajstić information content (AvgIpc) is 3.10. The van der Waals surface area contributed by atoms with Gasteiger partial charge in [-0.3, -0.25) is 9.59 Å². The van der Waals surface area contributed by atoms with Crippen LogP contribution in [0.15, 0.2) is 60.8 Å². The Morgan fingerprint density at radius 3 is 2.30 bits per heavy atom. The zero-order valence-electron chi connectivity index (χ0n) is 15.5. The molecule has 0 bridgehead atoms. The van der Waals surface area contributed by atoms with E-state index in [-0.39, 0.29) is 11.8 Å². The maximum atomic E-state index is 12.8. The number of nitrogens with zero attached hydrogens (tertiary/aromatic N) is 3. The molecular formula is C22H23N3O2. The molecule has 1 saturated heterocycles. The molecule has 138 valence electrons. The molecule has 0 radical (unpaired) electrons. The van der Waals surface area contributed by atoms with Gasteiger partial charge in [0.05, 0.1) is 0 Å². The van der Waals surface area contributed by atoms with Gasteiger partial charge >= 0.3 is 0 Å². The van der Waals surface area contributed by atoms with Gasteiger partial charge in [0.25, 0.3) is 5.91 Å². The fraction of sp³-hybridized carbons (Fsp3) is 0.273. The molecule has 0 aliphatic carbocycles. The second-order valence-corrected chi connectivity index (χ2v) is 7.00. The van der Waals surface area contributed by atoms with Crippen LogP contribution < -0.4 is 0 Å². The molecule has 2 aromatic carbocycles. The molecule has 27 heavy (non-hydrogen) atoms. The molecule has 1 aliphatic heterocycles. The Hall–Kier alpha value is -3.08. The Morgan fingerprint density at radius 2 is 1.59 bits per heavy atom. The van der Waals surface area contributed by atoms with E-state index < -0.39 is 0 Å². The summed E-state index contributed by atoms with van der Waals surface area (Å²) in [7, 11) is 0. The lowest BCUT2D eigenvalue weighted by Gasteiger charge is -2.34. The topological polar surface area (TPSA) is 45.6 Å². The molecule has 0 N–H and O–H groups in total. The van der Waals surface area contributed by atoms with Crippen molar-refractivity contribution in [2.45, 2.75) is 13.5 Å². The first-order valence-corrected chi connectivity index (χ1v) is 9.29. The molecule has 0 unspecified atom stereocenters. The third-order valence-electron chi connectivity index (χ3n) is 5.23. The van der Waals surface area contributed by atoms with Gasteiger partial charge in [0.2, 0.25) is 5.91 Å². The highest BCUT2D eigenvalue weighted by atomic mass is 16.2. The molecule has 1 aliphatic rings. The second kappa shape index (κ2) is 7.27. The number of amides is 2. The number of rotatable bonds is 3. The van der Waals surface area contributed by atoms with E-state index in [0.29, 0.717) is 31.7 Å². The summed E-state index contributed by atoms with van der Waals surface area (Å²) in [5.41, 5.74) is 3.08. The predicted octanol–water partition coefficient (Wildman–Crippen LogP) is 2.99. The molecule has 5 heteroatoms. The van der Waals surface area contributed by atoms with Crippen LogP contribution in [-0.2, 0) is 11.3 Å². The summed E-state index contributed by atoms with van der Waals surface area (Å²) >= 11 is 0. The van der Waals surface area contributed by atoms with Crippen molar-refractivity contribution in [3.63, 3.8) is 0 Å². The standard InChI is InChI=1S/C22H23N3O2/c1-17(26)23-11-13-24(14-12-23)22(27)20-7-8-21-19(15-20)9-10-25(21)16-18-5-3-2-4-6-18/h2-10,15H,11-14,16H2,1H3. The lowest BCUT2D eigenvalue weighted by atomic mass is 10.1. The first kappa shape index (κ1) is 17.3. The van der Waals surface area contributed by atoms with Crippen LogP contribution in [0.25, 0.3) is 10.9 Å². The van der Waals surface area contributed by atoms with Gasteiger partial charge in [-0.1, -0.05) is 30.3 Å². The van der Waals surface area contributed by atoms with Crippen LogP contribution in [0.5, 0.6) is 0 Å². The van der Waals surface area contributed by atoms with Gasteiger partial charge < -0.3 is 14.4 Å². The predicted molar refractivity (Wildman–Crippen MR) is 106 cm³/mol. The van der Waals surface area contributed by atoms with E-state index >= 15 is 0 Å². The quantitative estimate of drug-likeness (QED) is 0.720. The van der Waals surface area contributed by atoms with E-state index in [1.165, 1.54) is 5.56 Å². The number of benzene rings is 2. The van der Waals surface area contributed by atoms with Crippen molar-refractivity contribution in [2.24, 2.45) is 0 Å². The van der Waals surface area contributed by atoms with E-state index in [4.69, 9.17) is 0 Å². The summed E-state index contributed by atoms with van der Waals surface area (Å²) in [6, 6.07) is 18.3. The van der Waals surface area contributed by atoms with Crippen LogP contribution in [0.2, 0.25) is 0 Å². The molecule has 0 atom stereocenters. The van der Waals surface area contributed by atoms with Gasteiger partial charge in [0, 0.05) is 62.3 Å². The van der Waals surface area contributed by atoms with Gasteiger partial charge in [0.15, 0.2) is 0 Å². The summed E-state index contributed by atoms with van der Waals surface area (Å²) in [6.07, 6.45) is 2.07. The van der Waals surface area contributed by atoms with Gasteiger partial charge in [0.1, 0.15) is 0 Å². The SMILES string of the molecule is CC(=O)N1CCN(C(=O)c2ccc3c(ccn3Cc3ccccc3)c2)CC1. The molecule has 4 rings (SSSR count). The van der Waals surface area contributed by atoms with E-state index in [2.05, 4.69) is 29.0 Å². The van der Waals surface area contributed by atoms with Crippen molar-refractivity contribution in [3.05, 3.63) is 71.9 Å². The number of fused-ring (bicyclic) bond motifs is 1. The van der Waals surface area contributed by atoms with Crippen LogP contribution in [0.1, 0.15) is 22.8 Å². The number of carbonyl (C=O) groups excluding carboxylic acids is 2. The van der Waals surface area contributed by atoms with Crippen LogP contribution in [0.3, 0.4) is 0 Å². The molecule has 2 heterocycles. The summed E-state index contributed by atoms with van der Waals surface area (Å²) in [6.45, 7) is 4.78. The third kappa shape index (κ3) is 3.58. The molecule has 0 spiro atoms. The number of piperazine rings is 1. The number of carbonyl (C=O) groups is 2. The summed E-state index contributed by atoms with van der Waals surface area (Å²) < 4.78 is 2.20. The lowest BCUT2D eigenvalue weighted by Crippen LogP contribution is -2.50. The molecule has 1 fully saturated rings. The Morgan fingerprint density at radius 1 is 0.889 bits per heavy atom. The molecule has 2 amide bonds. The van der Waals surface area contributed by atoms with Gasteiger partial charge in [-0.2, -0.15) is 0 Å². The third-order valence-corrected chi connectivity index (χ3v) is 5.23. The van der Waals surface area contributed by atoms with Gasteiger partial charge in [-0.05, 0) is 29.8 Å². The lowest BCUT2D eigenvalue weighted by molar-refractivity contribution is -0.130. The van der Waals surface area contributed by atoms with Crippen LogP contribution in [0, 0.1) is 0 Å². The number of hydrogen-bond donors (Lipinski definition) is 0. The molecule has 0 saturated carbocycles. The van der Waals surface area contributed by atoms with Crippen molar-refractivity contribution in [1.29, 1.82) is 0 Å². The van der Waals surface area contributed by atoms with Crippen LogP contribution in [-0.4, -0.2) is 52.4 Å². The summed E-state index contributed by atoms with van der Waals surface area (Å²) in [5, 5.41) is 1.07. The molecule has 1 aromatic heterocycles. The largest absolute Gasteiger partial charge is 0.343 e. The first-order valence-electron chi connectivity index (χ1n) is 9.29. The minimum absolute atomic E-state index is 0.0379. The zero-order valence-corrected chi connectivity index (χ0v) is 15.5. The van der Waals surface area contributed by atoms with Crippen molar-refractivity contribution in [2.75, 3.05) is 26.2 Å². The molecule has 3 aromatic rings. The Bertz CT molecular complexity index is 970. The van der Waals surface area contributed by atoms with E-state index in [1.807, 2.05) is 41.3 Å². The maximum absolute atomic E-state index is 12.8. The van der Waals surface area contributed by atoms with Crippen LogP contribution in [0.4, 0.5) is 0 Å². The highest BCUT2D eigenvalue weighted by Gasteiger charge is 2.23. The summed E-state index contributed by atoms with van der Waals surface area (Å²) in [4.78, 5) is 27.9. The minimum atomic E-state index is 0.0379. The highest BCUT2D eigenvalue weighted by Crippen LogP contribution is 2.20. The van der Waals surface area contributed by atoms with Crippen molar-refractivity contribution < 1.29 is 9.59 Å². The fourth-order valence-corrected chi connectivity index (χ4v) is 3.66. The maximum Gasteiger partial charge on any atom is 0.253 e. The highest BCUT2D eigenvalue weighted by molar-refractivity contribution is 5.98. The Balaban J connectivity index is 1.51. The first-order chi connectivity index (χ1) is 13.1. The number of aromatic nitrogens is 1. The Kier molecular flexibility index (Phi) is 4.67. The van der Waals surface area contributed by atoms with Crippen molar-refractivity contribution >= 4 is 22.7 Å². The second-order valence-electron chi connectivity index (χ2n) is 7.00. The van der Waals surface area contributed by atoms with E-state index in [9.17, 15) is 9.59 Å². The van der Waals surface area contributed by atoms with Crippen molar-refractivity contribution in [3.8, 4) is 0 Å². The Labute approximate surface area is 158 Å². The van der Waals surface area contributed by atoms with Gasteiger partial charge in [-0.15, -0.1) is 0 Å². The smallest absolute Gasteiger partial charge is 0.253 e. The van der Waals surface area contributed by atoms with E-state index in [1.54, 1.807) is 11.8 Å². The van der Waals surface area contributed by atoms with Crippen molar-refractivity contribution in [1.82, 2.24) is 14.4 Å². The fourth-order valence-electron chi connectivity index (χ4n) is 3.66. The summed E-state index contributed by atoms with van der Waals surface area (Å²) in [5.74, 6) is 0.110. The molecular weight excluding hydrogens is 338 g/mol. The molecule has 5 nitrogen and oxygen atoms in total. The monoisotopic (exact) mass is 361 g/mol. The van der Waals surface area contributed by atoms with Crippen LogP contribution >= 0.6 is 0 Å². The normalized spacial score (nSPS) is 14.6. The van der Waals surface area contributed by atoms with Gasteiger partial charge in [-0.25, -0.2) is 0 Å². The van der Waals surface area contributed by atoms with E-state index in [0.717, 1.165) is 17.4 Å². The zero-order chi connectivity index (χ0) is 18.8. The number of hydrogen-bond acceptors (Lipinski definition) is 2. The minimum Gasteiger partial charge on any atom is -0.343 e.